The molecule has 1 unspecified atom stereocenters. The summed E-state index contributed by atoms with van der Waals surface area (Å²) in [7, 11) is 0. The van der Waals surface area contributed by atoms with Gasteiger partial charge in [0.1, 0.15) is 5.25 Å². The summed E-state index contributed by atoms with van der Waals surface area (Å²) in [5.74, 6) is -0.197. The number of aryl methyl sites for hydroxylation is 2. The van der Waals surface area contributed by atoms with Crippen LogP contribution in [0, 0.1) is 13.8 Å². The van der Waals surface area contributed by atoms with Crippen molar-refractivity contribution in [1.29, 1.82) is 0 Å². The monoisotopic (exact) mass is 456 g/mol. The number of thioether (sulfide) groups is 1. The average molecular weight is 457 g/mol. The number of carbonyl (C=O) groups excluding carboxylic acids is 2. The van der Waals surface area contributed by atoms with Crippen LogP contribution < -0.4 is 10.6 Å². The summed E-state index contributed by atoms with van der Waals surface area (Å²) < 4.78 is 5.15. The predicted molar refractivity (Wildman–Crippen MR) is 133 cm³/mol. The number of hydrogen-bond acceptors (Lipinski definition) is 4. The molecule has 0 radical (unpaired) electrons. The van der Waals surface area contributed by atoms with Gasteiger partial charge in [-0.05, 0) is 73.0 Å². The number of benzene rings is 3. The minimum Gasteiger partial charge on any atom is -0.459 e. The van der Waals surface area contributed by atoms with Crippen LogP contribution in [-0.4, -0.2) is 11.8 Å². The van der Waals surface area contributed by atoms with Crippen LogP contribution in [0.25, 0.3) is 0 Å². The maximum absolute atomic E-state index is 13.3. The molecule has 1 heterocycles. The van der Waals surface area contributed by atoms with Gasteiger partial charge < -0.3 is 15.1 Å². The van der Waals surface area contributed by atoms with Gasteiger partial charge in [0.25, 0.3) is 5.91 Å². The summed E-state index contributed by atoms with van der Waals surface area (Å²) in [4.78, 5) is 26.5. The van der Waals surface area contributed by atoms with Gasteiger partial charge in [0.2, 0.25) is 5.91 Å². The number of carbonyl (C=O) groups is 2. The number of amides is 2. The molecule has 1 atom stereocenters. The van der Waals surface area contributed by atoms with Crippen molar-refractivity contribution in [3.8, 4) is 0 Å². The molecule has 0 aliphatic carbocycles. The fraction of sp³-hybridized carbons (Fsp3) is 0.111. The Labute approximate surface area is 197 Å². The zero-order valence-electron chi connectivity index (χ0n) is 18.4. The Bertz CT molecular complexity index is 1250. The SMILES string of the molecule is Cc1ccc(NC(=O)C(Sc2cccc(NC(=O)c3ccco3)c2)c2ccccc2)cc1C. The molecule has 2 N–H and O–H groups in total. The lowest BCUT2D eigenvalue weighted by atomic mass is 10.1. The molecule has 3 aromatic carbocycles. The molecule has 0 bridgehead atoms. The Balaban J connectivity index is 1.55. The molecule has 2 amide bonds. The van der Waals surface area contributed by atoms with Gasteiger partial charge in [-0.3, -0.25) is 9.59 Å². The van der Waals surface area contributed by atoms with Crippen molar-refractivity contribution in [3.63, 3.8) is 0 Å². The Morgan fingerprint density at radius 1 is 0.788 bits per heavy atom. The summed E-state index contributed by atoms with van der Waals surface area (Å²) in [5.41, 5.74) is 4.59. The van der Waals surface area contributed by atoms with E-state index in [1.54, 1.807) is 18.2 Å². The second-order valence-electron chi connectivity index (χ2n) is 7.66. The predicted octanol–water partition coefficient (Wildman–Crippen LogP) is 6.62. The van der Waals surface area contributed by atoms with Crippen LogP contribution in [0.3, 0.4) is 0 Å². The largest absolute Gasteiger partial charge is 0.459 e. The second kappa shape index (κ2) is 10.2. The first kappa shape index (κ1) is 22.4. The Hall–Kier alpha value is -3.77. The number of furan rings is 1. The summed E-state index contributed by atoms with van der Waals surface area (Å²) in [6.07, 6.45) is 1.46. The molecule has 33 heavy (non-hydrogen) atoms. The lowest BCUT2D eigenvalue weighted by Crippen LogP contribution is -2.19. The van der Waals surface area contributed by atoms with Gasteiger partial charge in [0.15, 0.2) is 5.76 Å². The fourth-order valence-electron chi connectivity index (χ4n) is 3.31. The van der Waals surface area contributed by atoms with Gasteiger partial charge in [-0.1, -0.05) is 42.5 Å². The quantitative estimate of drug-likeness (QED) is 0.307. The van der Waals surface area contributed by atoms with Crippen molar-refractivity contribution in [1.82, 2.24) is 0 Å². The van der Waals surface area contributed by atoms with E-state index in [-0.39, 0.29) is 17.6 Å². The van der Waals surface area contributed by atoms with Crippen LogP contribution in [0.5, 0.6) is 0 Å². The van der Waals surface area contributed by atoms with Gasteiger partial charge >= 0.3 is 0 Å². The van der Waals surface area contributed by atoms with Gasteiger partial charge in [-0.25, -0.2) is 0 Å². The standard InChI is InChI=1S/C27H24N2O3S/c1-18-13-14-22(16-19(18)2)29-27(31)25(20-8-4-3-5-9-20)33-23-11-6-10-21(17-23)28-26(30)24-12-7-15-32-24/h3-17,25H,1-2H3,(H,28,30)(H,29,31). The molecule has 4 aromatic rings. The topological polar surface area (TPSA) is 71.3 Å². The molecule has 0 aliphatic rings. The molecule has 4 rings (SSSR count). The molecule has 1 aromatic heterocycles. The summed E-state index contributed by atoms with van der Waals surface area (Å²) in [6.45, 7) is 4.07. The van der Waals surface area contributed by atoms with Gasteiger partial charge in [-0.2, -0.15) is 0 Å². The molecule has 0 fully saturated rings. The van der Waals surface area contributed by atoms with Crippen LogP contribution >= 0.6 is 11.8 Å². The second-order valence-corrected chi connectivity index (χ2v) is 8.83. The van der Waals surface area contributed by atoms with Crippen LogP contribution in [0.2, 0.25) is 0 Å². The molecular formula is C27H24N2O3S. The fourth-order valence-corrected chi connectivity index (χ4v) is 4.39. The molecule has 5 nitrogen and oxygen atoms in total. The Morgan fingerprint density at radius 3 is 2.30 bits per heavy atom. The number of hydrogen-bond donors (Lipinski definition) is 2. The van der Waals surface area contributed by atoms with E-state index in [1.807, 2.05) is 80.6 Å². The van der Waals surface area contributed by atoms with E-state index >= 15 is 0 Å². The van der Waals surface area contributed by atoms with Crippen LogP contribution in [0.1, 0.15) is 32.5 Å². The minimum atomic E-state index is -0.469. The van der Waals surface area contributed by atoms with E-state index in [4.69, 9.17) is 4.42 Å². The van der Waals surface area contributed by atoms with Crippen molar-refractivity contribution in [2.24, 2.45) is 0 Å². The first-order valence-electron chi connectivity index (χ1n) is 10.5. The summed E-state index contributed by atoms with van der Waals surface area (Å²) in [5, 5.41) is 5.42. The molecule has 0 aliphatic heterocycles. The van der Waals surface area contributed by atoms with E-state index in [9.17, 15) is 9.59 Å². The molecule has 6 heteroatoms. The highest BCUT2D eigenvalue weighted by molar-refractivity contribution is 8.00. The average Bonchev–Trinajstić information content (AvgIpc) is 3.36. The number of nitrogens with one attached hydrogen (secondary N) is 2. The highest BCUT2D eigenvalue weighted by Gasteiger charge is 2.22. The van der Waals surface area contributed by atoms with E-state index in [0.29, 0.717) is 5.69 Å². The summed E-state index contributed by atoms with van der Waals surface area (Å²) >= 11 is 1.43. The zero-order chi connectivity index (χ0) is 23.2. The number of anilines is 2. The van der Waals surface area contributed by atoms with Gasteiger partial charge in [0, 0.05) is 16.3 Å². The lowest BCUT2D eigenvalue weighted by molar-refractivity contribution is -0.115. The van der Waals surface area contributed by atoms with Crippen molar-refractivity contribution in [2.45, 2.75) is 24.0 Å². The van der Waals surface area contributed by atoms with E-state index in [1.165, 1.54) is 23.6 Å². The maximum Gasteiger partial charge on any atom is 0.291 e. The van der Waals surface area contributed by atoms with Crippen LogP contribution in [0.15, 0.2) is 101 Å². The Kier molecular flexibility index (Phi) is 6.95. The van der Waals surface area contributed by atoms with E-state index < -0.39 is 5.25 Å². The molecule has 166 valence electrons. The first-order valence-corrected chi connectivity index (χ1v) is 11.4. The molecule has 0 saturated heterocycles. The molecular weight excluding hydrogens is 432 g/mol. The number of rotatable bonds is 7. The third-order valence-corrected chi connectivity index (χ3v) is 6.45. The van der Waals surface area contributed by atoms with Crippen LogP contribution in [-0.2, 0) is 4.79 Å². The van der Waals surface area contributed by atoms with Crippen molar-refractivity contribution >= 4 is 35.0 Å². The lowest BCUT2D eigenvalue weighted by Gasteiger charge is -2.18. The molecule has 0 spiro atoms. The maximum atomic E-state index is 13.3. The van der Waals surface area contributed by atoms with E-state index in [2.05, 4.69) is 10.6 Å². The third-order valence-electron chi connectivity index (χ3n) is 5.21. The first-order chi connectivity index (χ1) is 16.0. The minimum absolute atomic E-state index is 0.112. The van der Waals surface area contributed by atoms with Crippen molar-refractivity contribution in [2.75, 3.05) is 10.6 Å². The highest BCUT2D eigenvalue weighted by atomic mass is 32.2. The Morgan fingerprint density at radius 2 is 1.58 bits per heavy atom. The molecule has 0 saturated carbocycles. The summed E-state index contributed by atoms with van der Waals surface area (Å²) in [6, 6.07) is 26.3. The smallest absolute Gasteiger partial charge is 0.291 e. The normalized spacial score (nSPS) is 11.6. The van der Waals surface area contributed by atoms with Gasteiger partial charge in [-0.15, -0.1) is 11.8 Å². The van der Waals surface area contributed by atoms with Crippen molar-refractivity contribution in [3.05, 3.63) is 114 Å². The zero-order valence-corrected chi connectivity index (χ0v) is 19.2. The van der Waals surface area contributed by atoms with Crippen molar-refractivity contribution < 1.29 is 14.0 Å². The third kappa shape index (κ3) is 5.73. The van der Waals surface area contributed by atoms with Crippen LogP contribution in [0.4, 0.5) is 11.4 Å². The van der Waals surface area contributed by atoms with E-state index in [0.717, 1.165) is 21.7 Å². The van der Waals surface area contributed by atoms with Gasteiger partial charge in [0.05, 0.1) is 6.26 Å². The highest BCUT2D eigenvalue weighted by Crippen LogP contribution is 2.37.